The van der Waals surface area contributed by atoms with Crippen LogP contribution in [-0.4, -0.2) is 25.5 Å². The second-order valence-corrected chi connectivity index (χ2v) is 5.82. The number of methoxy groups -OCH3 is 1. The monoisotopic (exact) mass is 352 g/mol. The maximum Gasteiger partial charge on any atom is 0.282 e. The standard InChI is InChI=1S/C20H20N2O4/c1-4-26-17-10-7-14(12-18(17)25-3)11-16-19(23)21-22(20(16)24)15-8-5-13(2)6-9-15/h5-12H,4H2,1-3H3,(H,21,23)/b16-11+. The number of ether oxygens (including phenoxy) is 2. The first-order valence-corrected chi connectivity index (χ1v) is 8.28. The van der Waals surface area contributed by atoms with Gasteiger partial charge in [-0.15, -0.1) is 0 Å². The van der Waals surface area contributed by atoms with Crippen molar-refractivity contribution >= 4 is 23.6 Å². The van der Waals surface area contributed by atoms with Gasteiger partial charge in [0.05, 0.1) is 19.4 Å². The molecule has 2 aromatic rings. The zero-order chi connectivity index (χ0) is 18.7. The number of hydrazine groups is 1. The Morgan fingerprint density at radius 2 is 1.81 bits per heavy atom. The van der Waals surface area contributed by atoms with Crippen molar-refractivity contribution in [2.45, 2.75) is 13.8 Å². The normalized spacial score (nSPS) is 15.3. The molecule has 134 valence electrons. The molecule has 2 aromatic carbocycles. The Kier molecular flexibility index (Phi) is 4.93. The van der Waals surface area contributed by atoms with E-state index in [9.17, 15) is 9.59 Å². The summed E-state index contributed by atoms with van der Waals surface area (Å²) in [5.74, 6) is 0.318. The van der Waals surface area contributed by atoms with Gasteiger partial charge in [-0.3, -0.25) is 15.0 Å². The summed E-state index contributed by atoms with van der Waals surface area (Å²) in [5.41, 5.74) is 5.02. The Hall–Kier alpha value is -3.28. The molecule has 0 saturated carbocycles. The molecule has 1 N–H and O–H groups in total. The summed E-state index contributed by atoms with van der Waals surface area (Å²) in [6.45, 7) is 4.36. The third kappa shape index (κ3) is 3.39. The minimum atomic E-state index is -0.441. The van der Waals surface area contributed by atoms with E-state index in [2.05, 4.69) is 5.43 Å². The number of aryl methyl sites for hydroxylation is 1. The van der Waals surface area contributed by atoms with Crippen molar-refractivity contribution in [3.8, 4) is 11.5 Å². The summed E-state index contributed by atoms with van der Waals surface area (Å²) in [6, 6.07) is 12.6. The Labute approximate surface area is 152 Å². The van der Waals surface area contributed by atoms with Crippen LogP contribution in [-0.2, 0) is 9.59 Å². The van der Waals surface area contributed by atoms with Gasteiger partial charge < -0.3 is 9.47 Å². The molecule has 6 heteroatoms. The number of nitrogens with one attached hydrogen (secondary N) is 1. The Morgan fingerprint density at radius 3 is 2.46 bits per heavy atom. The molecule has 26 heavy (non-hydrogen) atoms. The van der Waals surface area contributed by atoms with Gasteiger partial charge in [-0.1, -0.05) is 23.8 Å². The summed E-state index contributed by atoms with van der Waals surface area (Å²) in [6.07, 6.45) is 1.55. The number of carbonyl (C=O) groups is 2. The van der Waals surface area contributed by atoms with Crippen molar-refractivity contribution in [1.82, 2.24) is 5.43 Å². The van der Waals surface area contributed by atoms with Crippen molar-refractivity contribution < 1.29 is 19.1 Å². The number of anilines is 1. The fourth-order valence-electron chi connectivity index (χ4n) is 2.65. The van der Waals surface area contributed by atoms with Crippen LogP contribution in [0.15, 0.2) is 48.0 Å². The topological polar surface area (TPSA) is 67.9 Å². The Bertz CT molecular complexity index is 872. The van der Waals surface area contributed by atoms with Crippen LogP contribution in [0.3, 0.4) is 0 Å². The van der Waals surface area contributed by atoms with E-state index in [4.69, 9.17) is 9.47 Å². The van der Waals surface area contributed by atoms with E-state index >= 15 is 0 Å². The highest BCUT2D eigenvalue weighted by Crippen LogP contribution is 2.30. The van der Waals surface area contributed by atoms with Crippen molar-refractivity contribution in [3.05, 3.63) is 59.2 Å². The van der Waals surface area contributed by atoms with Crippen LogP contribution in [0.5, 0.6) is 11.5 Å². The molecule has 0 aliphatic carbocycles. The summed E-state index contributed by atoms with van der Waals surface area (Å²) in [5, 5.41) is 1.25. The summed E-state index contributed by atoms with van der Waals surface area (Å²) in [7, 11) is 1.54. The largest absolute Gasteiger partial charge is 0.493 e. The molecule has 0 bridgehead atoms. The highest BCUT2D eigenvalue weighted by molar-refractivity contribution is 6.31. The van der Waals surface area contributed by atoms with Crippen molar-refractivity contribution in [3.63, 3.8) is 0 Å². The van der Waals surface area contributed by atoms with Crippen molar-refractivity contribution in [1.29, 1.82) is 0 Å². The lowest BCUT2D eigenvalue weighted by atomic mass is 10.1. The average molecular weight is 352 g/mol. The maximum atomic E-state index is 12.6. The van der Waals surface area contributed by atoms with E-state index in [0.717, 1.165) is 5.56 Å². The van der Waals surface area contributed by atoms with E-state index in [1.807, 2.05) is 26.0 Å². The molecule has 1 fully saturated rings. The number of amides is 2. The quantitative estimate of drug-likeness (QED) is 0.664. The molecule has 0 unspecified atom stereocenters. The molecule has 1 aliphatic rings. The maximum absolute atomic E-state index is 12.6. The molecule has 0 radical (unpaired) electrons. The summed E-state index contributed by atoms with van der Waals surface area (Å²) < 4.78 is 10.8. The van der Waals surface area contributed by atoms with Gasteiger partial charge in [0.2, 0.25) is 0 Å². The zero-order valence-electron chi connectivity index (χ0n) is 14.9. The van der Waals surface area contributed by atoms with Gasteiger partial charge in [0.1, 0.15) is 5.57 Å². The first-order chi connectivity index (χ1) is 12.5. The van der Waals surface area contributed by atoms with Gasteiger partial charge in [-0.05, 0) is 49.8 Å². The fourth-order valence-corrected chi connectivity index (χ4v) is 2.65. The Morgan fingerprint density at radius 1 is 1.08 bits per heavy atom. The van der Waals surface area contributed by atoms with Gasteiger partial charge >= 0.3 is 0 Å². The van der Waals surface area contributed by atoms with Gasteiger partial charge in [0.25, 0.3) is 11.8 Å². The fraction of sp³-hybridized carbons (Fsp3) is 0.200. The molecule has 0 spiro atoms. The number of hydrogen-bond acceptors (Lipinski definition) is 4. The Balaban J connectivity index is 1.90. The van der Waals surface area contributed by atoms with Gasteiger partial charge in [-0.2, -0.15) is 0 Å². The predicted molar refractivity (Wildman–Crippen MR) is 98.9 cm³/mol. The molecule has 1 saturated heterocycles. The van der Waals surface area contributed by atoms with Crippen LogP contribution >= 0.6 is 0 Å². The van der Waals surface area contributed by atoms with E-state index in [0.29, 0.717) is 29.4 Å². The van der Waals surface area contributed by atoms with Gasteiger partial charge in [-0.25, -0.2) is 5.01 Å². The molecule has 6 nitrogen and oxygen atoms in total. The van der Waals surface area contributed by atoms with Crippen LogP contribution in [0.4, 0.5) is 5.69 Å². The highest BCUT2D eigenvalue weighted by Gasteiger charge is 2.34. The number of hydrogen-bond donors (Lipinski definition) is 1. The molecule has 0 atom stereocenters. The average Bonchev–Trinajstić information content (AvgIpc) is 2.92. The molecule has 2 amide bonds. The van der Waals surface area contributed by atoms with E-state index in [1.54, 1.807) is 43.5 Å². The molecule has 3 rings (SSSR count). The molecule has 1 aliphatic heterocycles. The minimum absolute atomic E-state index is 0.0665. The second-order valence-electron chi connectivity index (χ2n) is 5.82. The first kappa shape index (κ1) is 17.5. The van der Waals surface area contributed by atoms with Crippen LogP contribution in [0, 0.1) is 6.92 Å². The minimum Gasteiger partial charge on any atom is -0.493 e. The zero-order valence-corrected chi connectivity index (χ0v) is 14.9. The van der Waals surface area contributed by atoms with Crippen molar-refractivity contribution in [2.75, 3.05) is 18.7 Å². The smallest absolute Gasteiger partial charge is 0.282 e. The number of carbonyl (C=O) groups excluding carboxylic acids is 2. The summed E-state index contributed by atoms with van der Waals surface area (Å²) in [4.78, 5) is 24.9. The lowest BCUT2D eigenvalue weighted by molar-refractivity contribution is -0.117. The predicted octanol–water partition coefficient (Wildman–Crippen LogP) is 2.86. The van der Waals surface area contributed by atoms with E-state index in [-0.39, 0.29) is 5.57 Å². The third-order valence-electron chi connectivity index (χ3n) is 3.98. The van der Waals surface area contributed by atoms with Gasteiger partial charge in [0, 0.05) is 0 Å². The molecular formula is C20H20N2O4. The first-order valence-electron chi connectivity index (χ1n) is 8.28. The van der Waals surface area contributed by atoms with E-state index in [1.165, 1.54) is 5.01 Å². The molecular weight excluding hydrogens is 332 g/mol. The van der Waals surface area contributed by atoms with Crippen LogP contribution in [0.25, 0.3) is 6.08 Å². The van der Waals surface area contributed by atoms with Crippen molar-refractivity contribution in [2.24, 2.45) is 0 Å². The molecule has 1 heterocycles. The van der Waals surface area contributed by atoms with Crippen LogP contribution in [0.2, 0.25) is 0 Å². The second kappa shape index (κ2) is 7.31. The number of rotatable bonds is 5. The number of nitrogens with zero attached hydrogens (tertiary/aromatic N) is 1. The van der Waals surface area contributed by atoms with E-state index < -0.39 is 11.8 Å². The molecule has 0 aromatic heterocycles. The third-order valence-corrected chi connectivity index (χ3v) is 3.98. The van der Waals surface area contributed by atoms with Crippen LogP contribution < -0.4 is 19.9 Å². The lowest BCUT2D eigenvalue weighted by Gasteiger charge is -2.14. The van der Waals surface area contributed by atoms with Gasteiger partial charge in [0.15, 0.2) is 11.5 Å². The van der Waals surface area contributed by atoms with Crippen LogP contribution in [0.1, 0.15) is 18.1 Å². The number of benzene rings is 2. The lowest BCUT2D eigenvalue weighted by Crippen LogP contribution is -2.35. The summed E-state index contributed by atoms with van der Waals surface area (Å²) >= 11 is 0. The highest BCUT2D eigenvalue weighted by atomic mass is 16.5. The SMILES string of the molecule is CCOc1ccc(/C=C2\C(=O)NN(c3ccc(C)cc3)C2=O)cc1OC.